The Balaban J connectivity index is 1.56. The Kier molecular flexibility index (Phi) is 6.20. The van der Waals surface area contributed by atoms with Crippen LogP contribution in [-0.2, 0) is 19.4 Å². The van der Waals surface area contributed by atoms with Crippen molar-refractivity contribution >= 4 is 5.91 Å². The number of amides is 1. The molecule has 0 saturated heterocycles. The van der Waals surface area contributed by atoms with Gasteiger partial charge in [0.1, 0.15) is 11.3 Å². The topological polar surface area (TPSA) is 77.1 Å². The lowest BCUT2D eigenvalue weighted by molar-refractivity contribution is 0.0947. The fourth-order valence-electron chi connectivity index (χ4n) is 2.95. The molecule has 0 saturated carbocycles. The van der Waals surface area contributed by atoms with Crippen LogP contribution < -0.4 is 10.9 Å². The van der Waals surface area contributed by atoms with Crippen molar-refractivity contribution in [3.8, 4) is 0 Å². The Morgan fingerprint density at radius 1 is 1.19 bits per heavy atom. The van der Waals surface area contributed by atoms with Crippen LogP contribution in [0.3, 0.4) is 0 Å². The number of nitrogens with zero attached hydrogens (tertiary/aromatic N) is 2. The van der Waals surface area contributed by atoms with E-state index in [0.717, 1.165) is 12.8 Å². The van der Waals surface area contributed by atoms with Gasteiger partial charge < -0.3 is 9.73 Å². The van der Waals surface area contributed by atoms with Crippen molar-refractivity contribution in [3.05, 3.63) is 87.7 Å². The maximum atomic E-state index is 12.3. The molecule has 6 heteroatoms. The molecule has 0 atom stereocenters. The average molecular weight is 365 g/mol. The van der Waals surface area contributed by atoms with E-state index in [4.69, 9.17) is 4.42 Å². The van der Waals surface area contributed by atoms with E-state index < -0.39 is 11.5 Å². The molecule has 0 aliphatic heterocycles. The van der Waals surface area contributed by atoms with Crippen molar-refractivity contribution in [2.45, 2.75) is 32.7 Å². The molecule has 1 aromatic carbocycles. The zero-order chi connectivity index (χ0) is 19.1. The monoisotopic (exact) mass is 365 g/mol. The Morgan fingerprint density at radius 2 is 2.00 bits per heavy atom. The van der Waals surface area contributed by atoms with E-state index in [2.05, 4.69) is 10.4 Å². The van der Waals surface area contributed by atoms with E-state index in [1.807, 2.05) is 42.6 Å². The molecule has 0 radical (unpaired) electrons. The second-order valence-electron chi connectivity index (χ2n) is 6.42. The number of nitrogens with one attached hydrogen (secondary N) is 1. The van der Waals surface area contributed by atoms with Crippen LogP contribution in [0.25, 0.3) is 0 Å². The van der Waals surface area contributed by atoms with Crippen molar-refractivity contribution in [1.82, 2.24) is 15.1 Å². The van der Waals surface area contributed by atoms with E-state index in [0.29, 0.717) is 30.8 Å². The summed E-state index contributed by atoms with van der Waals surface area (Å²) in [6.45, 7) is 2.94. The van der Waals surface area contributed by atoms with Gasteiger partial charge in [-0.3, -0.25) is 9.48 Å². The Hall–Kier alpha value is -3.15. The Morgan fingerprint density at radius 3 is 2.70 bits per heavy atom. The summed E-state index contributed by atoms with van der Waals surface area (Å²) in [4.78, 5) is 24.6. The highest BCUT2D eigenvalue weighted by atomic mass is 16.4. The quantitative estimate of drug-likeness (QED) is 0.623. The third-order valence-corrected chi connectivity index (χ3v) is 4.34. The molecule has 2 aromatic heterocycles. The van der Waals surface area contributed by atoms with Crippen LogP contribution in [0.4, 0.5) is 0 Å². The molecule has 0 bridgehead atoms. The fourth-order valence-corrected chi connectivity index (χ4v) is 2.95. The minimum atomic E-state index is -0.581. The SMILES string of the molecule is Cc1cc(CCc2ccccc2)oc(=O)c1C(=O)NCCCn1cccn1. The van der Waals surface area contributed by atoms with Gasteiger partial charge in [0, 0.05) is 31.9 Å². The van der Waals surface area contributed by atoms with Crippen molar-refractivity contribution in [2.75, 3.05) is 6.54 Å². The van der Waals surface area contributed by atoms with E-state index in [1.165, 1.54) is 5.56 Å². The molecular weight excluding hydrogens is 342 g/mol. The van der Waals surface area contributed by atoms with Gasteiger partial charge in [0.25, 0.3) is 5.91 Å². The second kappa shape index (κ2) is 8.98. The van der Waals surface area contributed by atoms with Crippen molar-refractivity contribution in [2.24, 2.45) is 0 Å². The van der Waals surface area contributed by atoms with Crippen molar-refractivity contribution in [3.63, 3.8) is 0 Å². The van der Waals surface area contributed by atoms with Gasteiger partial charge in [-0.15, -0.1) is 0 Å². The number of benzene rings is 1. The summed E-state index contributed by atoms with van der Waals surface area (Å²) in [6, 6.07) is 13.6. The molecule has 3 rings (SSSR count). The van der Waals surface area contributed by atoms with Crippen LogP contribution in [0.5, 0.6) is 0 Å². The molecule has 0 aliphatic rings. The Labute approximate surface area is 157 Å². The summed E-state index contributed by atoms with van der Waals surface area (Å²) in [6.07, 6.45) is 5.71. The van der Waals surface area contributed by atoms with Gasteiger partial charge in [0.2, 0.25) is 0 Å². The molecule has 0 fully saturated rings. The largest absolute Gasteiger partial charge is 0.427 e. The summed E-state index contributed by atoms with van der Waals surface area (Å²) in [7, 11) is 0. The highest BCUT2D eigenvalue weighted by molar-refractivity contribution is 5.95. The minimum Gasteiger partial charge on any atom is -0.427 e. The lowest BCUT2D eigenvalue weighted by Gasteiger charge is -2.08. The first-order valence-corrected chi connectivity index (χ1v) is 9.06. The van der Waals surface area contributed by atoms with E-state index in [1.54, 1.807) is 23.9 Å². The van der Waals surface area contributed by atoms with Crippen LogP contribution in [0.15, 0.2) is 64.1 Å². The maximum Gasteiger partial charge on any atom is 0.349 e. The first-order chi connectivity index (χ1) is 13.1. The average Bonchev–Trinajstić information content (AvgIpc) is 3.17. The lowest BCUT2D eigenvalue weighted by Crippen LogP contribution is -2.30. The zero-order valence-electron chi connectivity index (χ0n) is 15.4. The smallest absolute Gasteiger partial charge is 0.349 e. The summed E-state index contributed by atoms with van der Waals surface area (Å²) >= 11 is 0. The van der Waals surface area contributed by atoms with Crippen LogP contribution in [0, 0.1) is 6.92 Å². The molecule has 6 nitrogen and oxygen atoms in total. The number of aromatic nitrogens is 2. The highest BCUT2D eigenvalue weighted by Crippen LogP contribution is 2.10. The summed E-state index contributed by atoms with van der Waals surface area (Å²) < 4.78 is 7.17. The summed E-state index contributed by atoms with van der Waals surface area (Å²) in [5, 5.41) is 6.89. The molecule has 0 aliphatic carbocycles. The van der Waals surface area contributed by atoms with Crippen molar-refractivity contribution < 1.29 is 9.21 Å². The second-order valence-corrected chi connectivity index (χ2v) is 6.42. The fraction of sp³-hybridized carbons (Fsp3) is 0.286. The predicted molar refractivity (Wildman–Crippen MR) is 103 cm³/mol. The predicted octanol–water partition coefficient (Wildman–Crippen LogP) is 2.75. The van der Waals surface area contributed by atoms with Crippen LogP contribution in [0.1, 0.15) is 33.7 Å². The first-order valence-electron chi connectivity index (χ1n) is 9.06. The minimum absolute atomic E-state index is 0.0811. The van der Waals surface area contributed by atoms with Crippen LogP contribution >= 0.6 is 0 Å². The molecule has 27 heavy (non-hydrogen) atoms. The van der Waals surface area contributed by atoms with Crippen LogP contribution in [0.2, 0.25) is 0 Å². The lowest BCUT2D eigenvalue weighted by atomic mass is 10.1. The number of aryl methyl sites for hydroxylation is 4. The van der Waals surface area contributed by atoms with E-state index >= 15 is 0 Å². The first kappa shape index (κ1) is 18.6. The number of rotatable bonds is 8. The van der Waals surface area contributed by atoms with Crippen LogP contribution in [-0.4, -0.2) is 22.2 Å². The third-order valence-electron chi connectivity index (χ3n) is 4.34. The number of hydrogen-bond acceptors (Lipinski definition) is 4. The van der Waals surface area contributed by atoms with Gasteiger partial charge >= 0.3 is 5.63 Å². The van der Waals surface area contributed by atoms with Gasteiger partial charge in [-0.2, -0.15) is 5.10 Å². The normalized spacial score (nSPS) is 10.7. The molecule has 3 aromatic rings. The number of carbonyl (C=O) groups excluding carboxylic acids is 1. The number of carbonyl (C=O) groups is 1. The highest BCUT2D eigenvalue weighted by Gasteiger charge is 2.16. The molecule has 140 valence electrons. The van der Waals surface area contributed by atoms with Gasteiger partial charge in [-0.25, -0.2) is 4.79 Å². The zero-order valence-corrected chi connectivity index (χ0v) is 15.4. The van der Waals surface area contributed by atoms with Gasteiger partial charge in [0.05, 0.1) is 0 Å². The van der Waals surface area contributed by atoms with E-state index in [9.17, 15) is 9.59 Å². The van der Waals surface area contributed by atoms with Gasteiger partial charge in [0.15, 0.2) is 0 Å². The van der Waals surface area contributed by atoms with E-state index in [-0.39, 0.29) is 5.56 Å². The molecule has 0 spiro atoms. The third kappa shape index (κ3) is 5.17. The van der Waals surface area contributed by atoms with Gasteiger partial charge in [-0.05, 0) is 43.0 Å². The summed E-state index contributed by atoms with van der Waals surface area (Å²) in [5.41, 5.74) is 1.32. The van der Waals surface area contributed by atoms with Crippen molar-refractivity contribution in [1.29, 1.82) is 0 Å². The number of hydrogen-bond donors (Lipinski definition) is 1. The maximum absolute atomic E-state index is 12.3. The van der Waals surface area contributed by atoms with Gasteiger partial charge in [-0.1, -0.05) is 30.3 Å². The summed E-state index contributed by atoms with van der Waals surface area (Å²) in [5.74, 6) is 0.202. The molecule has 0 unspecified atom stereocenters. The Bertz CT molecular complexity index is 931. The molecule has 2 heterocycles. The molecular formula is C21H23N3O3. The standard InChI is InChI=1S/C21H23N3O3/c1-16-15-18(10-9-17-7-3-2-4-8-17)27-21(26)19(16)20(25)22-11-5-13-24-14-6-12-23-24/h2-4,6-8,12,14-15H,5,9-11,13H2,1H3,(H,22,25). The molecule has 1 N–H and O–H groups in total. The molecule has 1 amide bonds.